The molecule has 98 valence electrons. The van der Waals surface area contributed by atoms with Crippen molar-refractivity contribution in [2.45, 2.75) is 26.1 Å². The lowest BCUT2D eigenvalue weighted by Crippen LogP contribution is -2.20. The molecule has 1 aliphatic heterocycles. The Morgan fingerprint density at radius 1 is 1.53 bits per heavy atom. The monoisotopic (exact) mass is 244 g/mol. The minimum absolute atomic E-state index is 0.0241. The van der Waals surface area contributed by atoms with Crippen LogP contribution >= 0.6 is 0 Å². The van der Waals surface area contributed by atoms with Gasteiger partial charge in [-0.1, -0.05) is 6.58 Å². The SMILES string of the molecule is C=C(C)C(=O)OCCOCC(C)OCC1CO1. The van der Waals surface area contributed by atoms with E-state index in [1.807, 2.05) is 6.92 Å². The summed E-state index contributed by atoms with van der Waals surface area (Å²) in [6.45, 7) is 9.53. The van der Waals surface area contributed by atoms with Crippen molar-refractivity contribution in [1.82, 2.24) is 0 Å². The van der Waals surface area contributed by atoms with E-state index in [9.17, 15) is 4.79 Å². The molecule has 0 aromatic rings. The summed E-state index contributed by atoms with van der Waals surface area (Å²) in [4.78, 5) is 11.0. The van der Waals surface area contributed by atoms with Crippen LogP contribution in [0.15, 0.2) is 12.2 Å². The smallest absolute Gasteiger partial charge is 0.333 e. The van der Waals surface area contributed by atoms with Gasteiger partial charge < -0.3 is 18.9 Å². The number of hydrogen-bond donors (Lipinski definition) is 0. The van der Waals surface area contributed by atoms with Gasteiger partial charge in [-0.25, -0.2) is 4.79 Å². The second kappa shape index (κ2) is 7.42. The zero-order valence-corrected chi connectivity index (χ0v) is 10.4. The summed E-state index contributed by atoms with van der Waals surface area (Å²) < 4.78 is 20.7. The number of esters is 1. The fraction of sp³-hybridized carbons (Fsp3) is 0.750. The van der Waals surface area contributed by atoms with Crippen molar-refractivity contribution in [1.29, 1.82) is 0 Å². The summed E-state index contributed by atoms with van der Waals surface area (Å²) >= 11 is 0. The summed E-state index contributed by atoms with van der Waals surface area (Å²) in [5, 5.41) is 0. The van der Waals surface area contributed by atoms with Crippen molar-refractivity contribution in [3.05, 3.63) is 12.2 Å². The van der Waals surface area contributed by atoms with E-state index in [1.54, 1.807) is 6.92 Å². The maximum atomic E-state index is 11.0. The summed E-state index contributed by atoms with van der Waals surface area (Å²) in [6, 6.07) is 0. The van der Waals surface area contributed by atoms with Crippen LogP contribution in [0.4, 0.5) is 0 Å². The molecule has 1 rings (SSSR count). The van der Waals surface area contributed by atoms with Crippen LogP contribution in [0.5, 0.6) is 0 Å². The molecule has 17 heavy (non-hydrogen) atoms. The average Bonchev–Trinajstić information content (AvgIpc) is 3.09. The molecule has 1 aliphatic rings. The zero-order chi connectivity index (χ0) is 12.7. The molecule has 0 aromatic heterocycles. The molecule has 5 nitrogen and oxygen atoms in total. The van der Waals surface area contributed by atoms with E-state index in [2.05, 4.69) is 6.58 Å². The predicted octanol–water partition coefficient (Wildman–Crippen LogP) is 0.926. The van der Waals surface area contributed by atoms with Gasteiger partial charge in [0, 0.05) is 5.57 Å². The molecule has 0 N–H and O–H groups in total. The maximum absolute atomic E-state index is 11.0. The van der Waals surface area contributed by atoms with Gasteiger partial charge in [0.25, 0.3) is 0 Å². The quantitative estimate of drug-likeness (QED) is 0.261. The Kier molecular flexibility index (Phi) is 6.18. The molecule has 0 aromatic carbocycles. The lowest BCUT2D eigenvalue weighted by Gasteiger charge is -2.12. The number of hydrogen-bond acceptors (Lipinski definition) is 5. The minimum Gasteiger partial charge on any atom is -0.460 e. The number of epoxide rings is 1. The molecule has 0 amide bonds. The second-order valence-corrected chi connectivity index (χ2v) is 4.09. The van der Waals surface area contributed by atoms with Crippen molar-refractivity contribution in [2.24, 2.45) is 0 Å². The summed E-state index contributed by atoms with van der Waals surface area (Å²) in [7, 11) is 0. The summed E-state index contributed by atoms with van der Waals surface area (Å²) in [6.07, 6.45) is 0.296. The first-order valence-corrected chi connectivity index (χ1v) is 5.73. The number of carbonyl (C=O) groups is 1. The molecule has 1 saturated heterocycles. The molecular formula is C12H20O5. The van der Waals surface area contributed by atoms with E-state index in [-0.39, 0.29) is 24.8 Å². The van der Waals surface area contributed by atoms with Crippen molar-refractivity contribution >= 4 is 5.97 Å². The topological polar surface area (TPSA) is 57.3 Å². The highest BCUT2D eigenvalue weighted by atomic mass is 16.6. The highest BCUT2D eigenvalue weighted by Gasteiger charge is 2.23. The van der Waals surface area contributed by atoms with Crippen LogP contribution in [-0.4, -0.2) is 51.2 Å². The van der Waals surface area contributed by atoms with E-state index in [4.69, 9.17) is 18.9 Å². The van der Waals surface area contributed by atoms with Crippen molar-refractivity contribution in [3.63, 3.8) is 0 Å². The highest BCUT2D eigenvalue weighted by molar-refractivity contribution is 5.86. The fourth-order valence-corrected chi connectivity index (χ4v) is 1.05. The van der Waals surface area contributed by atoms with Gasteiger partial charge in [-0.3, -0.25) is 0 Å². The third kappa shape index (κ3) is 7.10. The van der Waals surface area contributed by atoms with E-state index in [1.165, 1.54) is 0 Å². The molecule has 0 saturated carbocycles. The van der Waals surface area contributed by atoms with Crippen molar-refractivity contribution in [2.75, 3.05) is 33.0 Å². The van der Waals surface area contributed by atoms with Gasteiger partial charge in [0.1, 0.15) is 12.7 Å². The van der Waals surface area contributed by atoms with Crippen molar-refractivity contribution < 1.29 is 23.7 Å². The molecular weight excluding hydrogens is 224 g/mol. The molecule has 0 bridgehead atoms. The lowest BCUT2D eigenvalue weighted by atomic mass is 10.4. The number of carbonyl (C=O) groups excluding carboxylic acids is 1. The molecule has 2 atom stereocenters. The summed E-state index contributed by atoms with van der Waals surface area (Å²) in [5.74, 6) is -0.385. The predicted molar refractivity (Wildman–Crippen MR) is 61.7 cm³/mol. The Hall–Kier alpha value is -0.910. The van der Waals surface area contributed by atoms with Crippen LogP contribution in [0.1, 0.15) is 13.8 Å². The first-order valence-electron chi connectivity index (χ1n) is 5.73. The van der Waals surface area contributed by atoms with E-state index in [0.29, 0.717) is 25.4 Å². The number of rotatable bonds is 9. The first-order chi connectivity index (χ1) is 8.09. The first kappa shape index (κ1) is 14.2. The van der Waals surface area contributed by atoms with Gasteiger partial charge >= 0.3 is 5.97 Å². The van der Waals surface area contributed by atoms with Crippen LogP contribution in [0.3, 0.4) is 0 Å². The van der Waals surface area contributed by atoms with Crippen LogP contribution < -0.4 is 0 Å². The van der Waals surface area contributed by atoms with Gasteiger partial charge in [-0.05, 0) is 13.8 Å². The lowest BCUT2D eigenvalue weighted by molar-refractivity contribution is -0.140. The molecule has 1 heterocycles. The highest BCUT2D eigenvalue weighted by Crippen LogP contribution is 2.09. The molecule has 0 spiro atoms. The Bertz CT molecular complexity index is 260. The molecule has 1 fully saturated rings. The van der Waals surface area contributed by atoms with Crippen LogP contribution in [0.2, 0.25) is 0 Å². The van der Waals surface area contributed by atoms with Gasteiger partial charge in [-0.2, -0.15) is 0 Å². The molecule has 2 unspecified atom stereocenters. The Morgan fingerprint density at radius 2 is 2.24 bits per heavy atom. The normalized spacial score (nSPS) is 19.8. The summed E-state index contributed by atoms with van der Waals surface area (Å²) in [5.41, 5.74) is 0.395. The largest absolute Gasteiger partial charge is 0.460 e. The van der Waals surface area contributed by atoms with E-state index < -0.39 is 0 Å². The van der Waals surface area contributed by atoms with Gasteiger partial charge in [0.05, 0.1) is 32.5 Å². The van der Waals surface area contributed by atoms with Crippen molar-refractivity contribution in [3.8, 4) is 0 Å². The van der Waals surface area contributed by atoms with E-state index in [0.717, 1.165) is 6.61 Å². The standard InChI is InChI=1S/C12H20O5/c1-9(2)12(13)15-5-4-14-6-10(3)16-7-11-8-17-11/h10-11H,1,4-8H2,2-3H3. The minimum atomic E-state index is -0.385. The van der Waals surface area contributed by atoms with Crippen LogP contribution in [0.25, 0.3) is 0 Å². The van der Waals surface area contributed by atoms with E-state index >= 15 is 0 Å². The molecule has 0 aliphatic carbocycles. The van der Waals surface area contributed by atoms with Gasteiger partial charge in [0.2, 0.25) is 0 Å². The van der Waals surface area contributed by atoms with Gasteiger partial charge in [-0.15, -0.1) is 0 Å². The second-order valence-electron chi connectivity index (χ2n) is 4.09. The zero-order valence-electron chi connectivity index (χ0n) is 10.4. The van der Waals surface area contributed by atoms with Gasteiger partial charge in [0.15, 0.2) is 0 Å². The van der Waals surface area contributed by atoms with Crippen LogP contribution in [0, 0.1) is 0 Å². The Balaban J connectivity index is 1.88. The fourth-order valence-electron chi connectivity index (χ4n) is 1.05. The maximum Gasteiger partial charge on any atom is 0.333 e. The number of ether oxygens (including phenoxy) is 4. The Labute approximate surface area is 102 Å². The molecule has 0 radical (unpaired) electrons. The Morgan fingerprint density at radius 3 is 2.82 bits per heavy atom. The van der Waals surface area contributed by atoms with Crippen LogP contribution in [-0.2, 0) is 23.7 Å². The molecule has 5 heteroatoms. The third-order valence-corrected chi connectivity index (χ3v) is 2.13. The third-order valence-electron chi connectivity index (χ3n) is 2.13. The average molecular weight is 244 g/mol.